The Labute approximate surface area is 176 Å². The van der Waals surface area contributed by atoms with Gasteiger partial charge < -0.3 is 15.0 Å². The van der Waals surface area contributed by atoms with Crippen molar-refractivity contribution in [2.45, 2.75) is 12.0 Å². The van der Waals surface area contributed by atoms with Crippen LogP contribution in [0.25, 0.3) is 0 Å². The average molecular weight is 430 g/mol. The van der Waals surface area contributed by atoms with Crippen molar-refractivity contribution in [3.8, 4) is 17.6 Å². The van der Waals surface area contributed by atoms with Gasteiger partial charge in [0.15, 0.2) is 0 Å². The van der Waals surface area contributed by atoms with Crippen molar-refractivity contribution in [1.29, 1.82) is 0 Å². The van der Waals surface area contributed by atoms with Gasteiger partial charge in [-0.15, -0.1) is 11.3 Å². The van der Waals surface area contributed by atoms with E-state index in [4.69, 9.17) is 16.3 Å². The number of carbonyl (C=O) groups is 3. The number of imide groups is 1. The van der Waals surface area contributed by atoms with E-state index >= 15 is 0 Å². The number of amides is 4. The van der Waals surface area contributed by atoms with Gasteiger partial charge in [0.25, 0.3) is 11.8 Å². The third-order valence-electron chi connectivity index (χ3n) is 4.82. The van der Waals surface area contributed by atoms with Gasteiger partial charge in [-0.2, -0.15) is 0 Å². The number of benzene rings is 1. The van der Waals surface area contributed by atoms with Crippen molar-refractivity contribution in [1.82, 2.24) is 15.5 Å². The molecule has 2 aromatic rings. The minimum absolute atomic E-state index is 0.0546. The standard InChI is InChI=1S/C20H16ClN3O4S/c1-28-13-2-4-15-12(10-13)7-9-24(17(15)25)11-20(18(26)22-19(27)23-20)8-6-14-3-5-16(21)29-14/h2-5,10H,7,9,11H2,1H3,(H2,22,23,26,27)/t20-/m0/s1. The van der Waals surface area contributed by atoms with E-state index < -0.39 is 17.5 Å². The molecular weight excluding hydrogens is 414 g/mol. The number of carbonyl (C=O) groups excluding carboxylic acids is 3. The molecule has 7 nitrogen and oxygen atoms in total. The highest BCUT2D eigenvalue weighted by molar-refractivity contribution is 7.16. The van der Waals surface area contributed by atoms with E-state index in [-0.39, 0.29) is 12.5 Å². The average Bonchev–Trinajstić information content (AvgIpc) is 3.24. The second-order valence-electron chi connectivity index (χ2n) is 6.67. The quantitative estimate of drug-likeness (QED) is 0.577. The molecule has 9 heteroatoms. The molecule has 0 aliphatic carbocycles. The van der Waals surface area contributed by atoms with Gasteiger partial charge in [0.1, 0.15) is 5.75 Å². The van der Waals surface area contributed by atoms with Crippen LogP contribution in [-0.4, -0.2) is 48.5 Å². The minimum Gasteiger partial charge on any atom is -0.497 e. The van der Waals surface area contributed by atoms with E-state index in [1.165, 1.54) is 16.2 Å². The maximum Gasteiger partial charge on any atom is 0.323 e. The van der Waals surface area contributed by atoms with Gasteiger partial charge in [-0.25, -0.2) is 4.79 Å². The highest BCUT2D eigenvalue weighted by Crippen LogP contribution is 2.26. The Bertz CT molecular complexity index is 1090. The molecule has 4 amide bonds. The van der Waals surface area contributed by atoms with Crippen molar-refractivity contribution in [2.75, 3.05) is 20.2 Å². The summed E-state index contributed by atoms with van der Waals surface area (Å²) < 4.78 is 5.79. The predicted molar refractivity (Wildman–Crippen MR) is 108 cm³/mol. The van der Waals surface area contributed by atoms with Crippen molar-refractivity contribution < 1.29 is 19.1 Å². The van der Waals surface area contributed by atoms with Crippen molar-refractivity contribution >= 4 is 40.8 Å². The van der Waals surface area contributed by atoms with Crippen LogP contribution in [0.15, 0.2) is 30.3 Å². The minimum atomic E-state index is -1.52. The van der Waals surface area contributed by atoms with Gasteiger partial charge >= 0.3 is 6.03 Å². The second kappa shape index (κ2) is 7.43. The van der Waals surface area contributed by atoms with E-state index in [0.29, 0.717) is 33.5 Å². The fourth-order valence-electron chi connectivity index (χ4n) is 3.36. The highest BCUT2D eigenvalue weighted by Gasteiger charge is 2.47. The Morgan fingerprint density at radius 1 is 1.28 bits per heavy atom. The van der Waals surface area contributed by atoms with Gasteiger partial charge in [0.2, 0.25) is 5.54 Å². The maximum absolute atomic E-state index is 13.0. The Morgan fingerprint density at radius 3 is 2.76 bits per heavy atom. The number of urea groups is 1. The normalized spacial score (nSPS) is 20.5. The fourth-order valence-corrected chi connectivity index (χ4v) is 4.25. The SMILES string of the molecule is COc1ccc2c(c1)CCN(C[C@]1(C#Cc3ccc(Cl)s3)NC(=O)NC1=O)C2=O. The Balaban J connectivity index is 1.63. The van der Waals surface area contributed by atoms with Gasteiger partial charge in [0, 0.05) is 12.1 Å². The van der Waals surface area contributed by atoms with Gasteiger partial charge in [-0.05, 0) is 42.3 Å². The molecule has 1 saturated heterocycles. The molecule has 0 bridgehead atoms. The van der Waals surface area contributed by atoms with E-state index in [1.54, 1.807) is 31.4 Å². The van der Waals surface area contributed by atoms with E-state index in [1.807, 2.05) is 6.07 Å². The summed E-state index contributed by atoms with van der Waals surface area (Å²) in [5.74, 6) is 5.64. The van der Waals surface area contributed by atoms with Crippen LogP contribution in [0.2, 0.25) is 4.34 Å². The molecule has 0 saturated carbocycles. The Morgan fingerprint density at radius 2 is 2.10 bits per heavy atom. The van der Waals surface area contributed by atoms with Crippen molar-refractivity contribution in [3.05, 3.63) is 50.7 Å². The number of halogens is 1. The summed E-state index contributed by atoms with van der Waals surface area (Å²) >= 11 is 7.19. The first kappa shape index (κ1) is 19.3. The first-order valence-corrected chi connectivity index (χ1v) is 9.98. The third-order valence-corrected chi connectivity index (χ3v) is 5.97. The van der Waals surface area contributed by atoms with Crippen LogP contribution in [0, 0.1) is 11.8 Å². The predicted octanol–water partition coefficient (Wildman–Crippen LogP) is 2.04. The summed E-state index contributed by atoms with van der Waals surface area (Å²) in [5, 5.41) is 4.81. The smallest absolute Gasteiger partial charge is 0.323 e. The number of fused-ring (bicyclic) bond motifs is 1. The Hall–Kier alpha value is -3.02. The fraction of sp³-hybridized carbons (Fsp3) is 0.250. The molecule has 1 aromatic heterocycles. The van der Waals surface area contributed by atoms with Gasteiger partial charge in [0.05, 0.1) is 22.9 Å². The largest absolute Gasteiger partial charge is 0.497 e. The molecule has 0 radical (unpaired) electrons. The lowest BCUT2D eigenvalue weighted by Gasteiger charge is -2.33. The summed E-state index contributed by atoms with van der Waals surface area (Å²) in [6, 6.07) is 8.07. The zero-order valence-electron chi connectivity index (χ0n) is 15.4. The molecule has 2 aliphatic heterocycles. The molecule has 2 aliphatic rings. The maximum atomic E-state index is 13.0. The topological polar surface area (TPSA) is 87.7 Å². The number of rotatable bonds is 3. The first-order chi connectivity index (χ1) is 13.9. The van der Waals surface area contributed by atoms with Crippen LogP contribution in [0.4, 0.5) is 4.79 Å². The number of hydrogen-bond acceptors (Lipinski definition) is 5. The number of nitrogens with zero attached hydrogens (tertiary/aromatic N) is 1. The lowest BCUT2D eigenvalue weighted by atomic mass is 9.94. The van der Waals surface area contributed by atoms with Crippen LogP contribution in [-0.2, 0) is 11.2 Å². The number of ether oxygens (including phenoxy) is 1. The van der Waals surface area contributed by atoms with E-state index in [2.05, 4.69) is 22.5 Å². The molecule has 1 aromatic carbocycles. The second-order valence-corrected chi connectivity index (χ2v) is 8.38. The third kappa shape index (κ3) is 3.67. The summed E-state index contributed by atoms with van der Waals surface area (Å²) in [4.78, 5) is 39.6. The number of thiophene rings is 1. The molecule has 0 unspecified atom stereocenters. The first-order valence-electron chi connectivity index (χ1n) is 8.78. The van der Waals surface area contributed by atoms with Crippen LogP contribution in [0.3, 0.4) is 0 Å². The number of methoxy groups -OCH3 is 1. The summed E-state index contributed by atoms with van der Waals surface area (Å²) in [7, 11) is 1.57. The summed E-state index contributed by atoms with van der Waals surface area (Å²) in [5.41, 5.74) is -0.0819. The molecule has 148 valence electrons. The molecular formula is C20H16ClN3O4S. The van der Waals surface area contributed by atoms with E-state index in [0.717, 1.165) is 5.56 Å². The molecule has 2 N–H and O–H groups in total. The van der Waals surface area contributed by atoms with Gasteiger partial charge in [-0.1, -0.05) is 23.4 Å². The lowest BCUT2D eigenvalue weighted by Crippen LogP contribution is -2.56. The van der Waals surface area contributed by atoms with Crippen molar-refractivity contribution in [2.24, 2.45) is 0 Å². The summed E-state index contributed by atoms with van der Waals surface area (Å²) in [6.07, 6.45) is 0.609. The molecule has 0 spiro atoms. The molecule has 29 heavy (non-hydrogen) atoms. The zero-order chi connectivity index (χ0) is 20.6. The van der Waals surface area contributed by atoms with Crippen molar-refractivity contribution in [3.63, 3.8) is 0 Å². The number of hydrogen-bond donors (Lipinski definition) is 2. The zero-order valence-corrected chi connectivity index (χ0v) is 16.9. The Kier molecular flexibility index (Phi) is 4.94. The molecule has 1 fully saturated rings. The van der Waals surface area contributed by atoms with Crippen LogP contribution < -0.4 is 15.4 Å². The summed E-state index contributed by atoms with van der Waals surface area (Å²) in [6.45, 7) is 0.345. The molecule has 1 atom stereocenters. The highest BCUT2D eigenvalue weighted by atomic mass is 35.5. The van der Waals surface area contributed by atoms with E-state index in [9.17, 15) is 14.4 Å². The van der Waals surface area contributed by atoms with Crippen LogP contribution in [0.1, 0.15) is 20.8 Å². The number of nitrogens with one attached hydrogen (secondary N) is 2. The molecule has 3 heterocycles. The molecule has 4 rings (SSSR count). The monoisotopic (exact) mass is 429 g/mol. The lowest BCUT2D eigenvalue weighted by molar-refractivity contribution is -0.122. The van der Waals surface area contributed by atoms with Crippen LogP contribution in [0.5, 0.6) is 5.75 Å². The van der Waals surface area contributed by atoms with Crippen LogP contribution >= 0.6 is 22.9 Å². The van der Waals surface area contributed by atoms with Gasteiger partial charge in [-0.3, -0.25) is 14.9 Å².